The van der Waals surface area contributed by atoms with Gasteiger partial charge in [0.05, 0.1) is 0 Å². The molecule has 1 aliphatic rings. The normalized spacial score (nSPS) is 27.4. The van der Waals surface area contributed by atoms with Crippen molar-refractivity contribution in [2.75, 3.05) is 17.3 Å². The van der Waals surface area contributed by atoms with Crippen molar-refractivity contribution in [1.29, 1.82) is 0 Å². The predicted octanol–water partition coefficient (Wildman–Crippen LogP) is 3.31. The van der Waals surface area contributed by atoms with E-state index in [2.05, 4.69) is 19.1 Å². The maximum atomic E-state index is 6.38. The first kappa shape index (κ1) is 8.48. The molecule has 0 radical (unpaired) electrons. The lowest BCUT2D eigenvalue weighted by Crippen LogP contribution is -1.96. The molecule has 10 heavy (non-hydrogen) atoms. The Morgan fingerprint density at radius 2 is 2.00 bits per heavy atom. The van der Waals surface area contributed by atoms with E-state index in [0.717, 1.165) is 5.75 Å². The predicted molar refractivity (Wildman–Crippen MR) is 52.1 cm³/mol. The van der Waals surface area contributed by atoms with Crippen molar-refractivity contribution >= 4 is 19.9 Å². The van der Waals surface area contributed by atoms with Gasteiger partial charge in [-0.2, -0.15) is 9.24 Å². The van der Waals surface area contributed by atoms with Gasteiger partial charge in [-0.05, 0) is 31.3 Å². The van der Waals surface area contributed by atoms with Crippen molar-refractivity contribution in [3.8, 4) is 0 Å². The Kier molecular flexibility index (Phi) is 3.12. The van der Waals surface area contributed by atoms with E-state index in [4.69, 9.17) is 10.7 Å². The lowest BCUT2D eigenvalue weighted by molar-refractivity contribution is 0.949. The highest BCUT2D eigenvalue weighted by Crippen LogP contribution is 2.58. The third-order valence-electron chi connectivity index (χ3n) is 1.90. The minimum Gasteiger partial charge on any atom is -0.160 e. The molecular weight excluding hydrogens is 164 g/mol. The molecule has 1 aliphatic heterocycles. The average Bonchev–Trinajstić information content (AvgIpc) is 2.33. The molecule has 0 spiro atoms. The Hall–Kier alpha value is 0.380. The van der Waals surface area contributed by atoms with Crippen molar-refractivity contribution in [2.45, 2.75) is 19.8 Å². The van der Waals surface area contributed by atoms with Gasteiger partial charge in [0, 0.05) is 5.75 Å². The molecule has 0 nitrogen and oxygen atoms in total. The molecule has 60 valence electrons. The summed E-state index contributed by atoms with van der Waals surface area (Å²) < 4.78 is 0. The zero-order valence-electron chi connectivity index (χ0n) is 6.48. The highest BCUT2D eigenvalue weighted by atomic mass is 35.7. The summed E-state index contributed by atoms with van der Waals surface area (Å²) in [5, 5.41) is 0. The zero-order chi connectivity index (χ0) is 7.45. The van der Waals surface area contributed by atoms with Gasteiger partial charge in [0.25, 0.3) is 0 Å². The number of allylic oxidation sites excluding steroid dienone is 1. The first-order valence-electron chi connectivity index (χ1n) is 3.84. The van der Waals surface area contributed by atoms with E-state index in [-0.39, 0.29) is 0 Å². The molecule has 0 aromatic rings. The Bertz CT molecular complexity index is 125. The maximum Gasteiger partial charge on any atom is 0.00796 e. The largest absolute Gasteiger partial charge is 0.160 e. The molecule has 0 N–H and O–H groups in total. The number of rotatable bonds is 2. The first-order valence-corrected chi connectivity index (χ1v) is 6.81. The summed E-state index contributed by atoms with van der Waals surface area (Å²) in [6, 6.07) is 0. The minimum atomic E-state index is -0.680. The second-order valence-electron chi connectivity index (χ2n) is 2.79. The number of hydrogen-bond donors (Lipinski definition) is 0. The van der Waals surface area contributed by atoms with Crippen LogP contribution in [-0.2, 0) is 0 Å². The molecule has 1 saturated heterocycles. The SMILES string of the molecule is C/C=C\CS1(Cl)CCCC1. The van der Waals surface area contributed by atoms with E-state index < -0.39 is 9.24 Å². The van der Waals surface area contributed by atoms with Crippen LogP contribution in [0, 0.1) is 0 Å². The van der Waals surface area contributed by atoms with Gasteiger partial charge >= 0.3 is 0 Å². The number of hydrogen-bond acceptors (Lipinski definition) is 0. The van der Waals surface area contributed by atoms with Crippen molar-refractivity contribution in [2.24, 2.45) is 0 Å². The quantitative estimate of drug-likeness (QED) is 0.570. The van der Waals surface area contributed by atoms with Crippen LogP contribution in [0.15, 0.2) is 12.2 Å². The Labute approximate surface area is 69.5 Å². The van der Waals surface area contributed by atoms with Gasteiger partial charge in [-0.25, -0.2) is 0 Å². The van der Waals surface area contributed by atoms with E-state index in [0.29, 0.717) is 0 Å². The second-order valence-corrected chi connectivity index (χ2v) is 7.78. The fourth-order valence-corrected chi connectivity index (χ4v) is 4.65. The molecule has 0 atom stereocenters. The van der Waals surface area contributed by atoms with Gasteiger partial charge in [0.1, 0.15) is 0 Å². The van der Waals surface area contributed by atoms with Crippen LogP contribution in [-0.4, -0.2) is 17.3 Å². The van der Waals surface area contributed by atoms with E-state index in [1.165, 1.54) is 24.3 Å². The monoisotopic (exact) mass is 178 g/mol. The van der Waals surface area contributed by atoms with Crippen LogP contribution < -0.4 is 0 Å². The zero-order valence-corrected chi connectivity index (χ0v) is 8.05. The van der Waals surface area contributed by atoms with E-state index in [9.17, 15) is 0 Å². The van der Waals surface area contributed by atoms with E-state index in [1.807, 2.05) is 0 Å². The van der Waals surface area contributed by atoms with Crippen LogP contribution >= 0.6 is 19.9 Å². The van der Waals surface area contributed by atoms with Crippen LogP contribution in [0.3, 0.4) is 0 Å². The molecule has 0 aromatic heterocycles. The summed E-state index contributed by atoms with van der Waals surface area (Å²) in [5.41, 5.74) is 0. The highest BCUT2D eigenvalue weighted by Gasteiger charge is 2.23. The van der Waals surface area contributed by atoms with Gasteiger partial charge in [-0.1, -0.05) is 22.8 Å². The molecule has 0 unspecified atom stereocenters. The molecule has 0 saturated carbocycles. The summed E-state index contributed by atoms with van der Waals surface area (Å²) >= 11 is 0. The van der Waals surface area contributed by atoms with Crippen LogP contribution in [0.2, 0.25) is 0 Å². The Morgan fingerprint density at radius 3 is 2.50 bits per heavy atom. The topological polar surface area (TPSA) is 0 Å². The highest BCUT2D eigenvalue weighted by molar-refractivity contribution is 8.51. The maximum absolute atomic E-state index is 6.38. The fourth-order valence-electron chi connectivity index (χ4n) is 1.26. The fraction of sp³-hybridized carbons (Fsp3) is 0.750. The van der Waals surface area contributed by atoms with E-state index >= 15 is 0 Å². The summed E-state index contributed by atoms with van der Waals surface area (Å²) in [6.07, 6.45) is 7.04. The molecule has 0 bridgehead atoms. The molecular formula is C8H15ClS. The van der Waals surface area contributed by atoms with Crippen molar-refractivity contribution in [3.63, 3.8) is 0 Å². The van der Waals surface area contributed by atoms with Crippen molar-refractivity contribution in [3.05, 3.63) is 12.2 Å². The standard InChI is InChI=1S/C8H15ClS/c1-2-3-6-10(9)7-4-5-8-10/h2-3H,4-8H2,1H3/b3-2-. The van der Waals surface area contributed by atoms with Gasteiger partial charge < -0.3 is 0 Å². The summed E-state index contributed by atoms with van der Waals surface area (Å²) in [4.78, 5) is 0. The third kappa shape index (κ3) is 2.21. The molecule has 2 heteroatoms. The minimum absolute atomic E-state index is 0.680. The summed E-state index contributed by atoms with van der Waals surface area (Å²) in [7, 11) is 5.70. The van der Waals surface area contributed by atoms with Gasteiger partial charge in [0.2, 0.25) is 0 Å². The van der Waals surface area contributed by atoms with Gasteiger partial charge in [0.15, 0.2) is 0 Å². The molecule has 1 rings (SSSR count). The van der Waals surface area contributed by atoms with Gasteiger partial charge in [-0.3, -0.25) is 0 Å². The molecule has 1 heterocycles. The van der Waals surface area contributed by atoms with Crippen LogP contribution in [0.1, 0.15) is 19.8 Å². The Morgan fingerprint density at radius 1 is 1.40 bits per heavy atom. The first-order chi connectivity index (χ1) is 4.77. The summed E-state index contributed by atoms with van der Waals surface area (Å²) in [5.74, 6) is 3.73. The van der Waals surface area contributed by atoms with Gasteiger partial charge in [-0.15, -0.1) is 0 Å². The molecule has 0 aliphatic carbocycles. The third-order valence-corrected chi connectivity index (χ3v) is 6.04. The van der Waals surface area contributed by atoms with Crippen molar-refractivity contribution < 1.29 is 0 Å². The van der Waals surface area contributed by atoms with E-state index in [1.54, 1.807) is 0 Å². The lowest BCUT2D eigenvalue weighted by atomic mass is 10.4. The summed E-state index contributed by atoms with van der Waals surface area (Å²) in [6.45, 7) is 2.06. The number of halogens is 1. The average molecular weight is 179 g/mol. The van der Waals surface area contributed by atoms with Crippen LogP contribution in [0.25, 0.3) is 0 Å². The van der Waals surface area contributed by atoms with Crippen molar-refractivity contribution in [1.82, 2.24) is 0 Å². The van der Waals surface area contributed by atoms with Crippen LogP contribution in [0.4, 0.5) is 0 Å². The second kappa shape index (κ2) is 3.68. The molecule has 0 aromatic carbocycles. The lowest BCUT2D eigenvalue weighted by Gasteiger charge is -2.24. The van der Waals surface area contributed by atoms with Crippen LogP contribution in [0.5, 0.6) is 0 Å². The molecule has 0 amide bonds. The Balaban J connectivity index is 2.35. The smallest absolute Gasteiger partial charge is 0.00796 e. The molecule has 1 fully saturated rings.